The van der Waals surface area contributed by atoms with Crippen molar-refractivity contribution in [3.8, 4) is 0 Å². The first-order valence-corrected chi connectivity index (χ1v) is 7.80. The van der Waals surface area contributed by atoms with Crippen LogP contribution in [0.2, 0.25) is 0 Å². The molecule has 1 aromatic heterocycles. The predicted molar refractivity (Wildman–Crippen MR) is 80.9 cm³/mol. The molecule has 116 valence electrons. The average molecular weight is 311 g/mol. The number of likely N-dealkylation sites (tertiary alicyclic amines) is 1. The van der Waals surface area contributed by atoms with Gasteiger partial charge in [0.05, 0.1) is 11.5 Å². The van der Waals surface area contributed by atoms with Gasteiger partial charge in [0.25, 0.3) is 5.91 Å². The summed E-state index contributed by atoms with van der Waals surface area (Å²) in [6.45, 7) is 4.91. The largest absolute Gasteiger partial charge is 0.481 e. The molecule has 0 aliphatic carbocycles. The maximum Gasteiger partial charge on any atom is 0.313 e. The highest BCUT2D eigenvalue weighted by Crippen LogP contribution is 2.32. The first-order valence-electron chi connectivity index (χ1n) is 6.98. The minimum absolute atomic E-state index is 0.0716. The second-order valence-electron chi connectivity index (χ2n) is 5.70. The molecule has 2 heterocycles. The van der Waals surface area contributed by atoms with E-state index < -0.39 is 11.4 Å². The minimum Gasteiger partial charge on any atom is -0.481 e. The monoisotopic (exact) mass is 311 g/mol. The van der Waals surface area contributed by atoms with Crippen LogP contribution in [-0.4, -0.2) is 48.7 Å². The maximum absolute atomic E-state index is 12.6. The van der Waals surface area contributed by atoms with Crippen LogP contribution >= 0.6 is 11.3 Å². The third-order valence-electron chi connectivity index (χ3n) is 4.12. The van der Waals surface area contributed by atoms with E-state index in [1.165, 1.54) is 18.4 Å². The number of carbonyl (C=O) groups is 2. The van der Waals surface area contributed by atoms with Gasteiger partial charge in [0.2, 0.25) is 0 Å². The van der Waals surface area contributed by atoms with Gasteiger partial charge in [-0.2, -0.15) is 0 Å². The first-order chi connectivity index (χ1) is 9.89. The number of aliphatic carboxylic acids is 1. The Labute approximate surface area is 128 Å². The van der Waals surface area contributed by atoms with E-state index in [9.17, 15) is 14.7 Å². The quantitative estimate of drug-likeness (QED) is 0.926. The van der Waals surface area contributed by atoms with Crippen LogP contribution in [0.5, 0.6) is 0 Å². The number of carbonyl (C=O) groups excluding carboxylic acids is 1. The van der Waals surface area contributed by atoms with E-state index in [0.717, 1.165) is 10.4 Å². The number of rotatable bonds is 4. The molecule has 1 aromatic rings. The predicted octanol–water partition coefficient (Wildman–Crippen LogP) is 2.32. The van der Waals surface area contributed by atoms with Crippen LogP contribution in [0.25, 0.3) is 0 Å². The standard InChI is InChI=1S/C15H21NO4S/c1-10-7-12(21-11(10)2)13(17)16-6-4-5-15(8-16,9-20-3)14(18)19/h7H,4-6,8-9H2,1-3H3,(H,18,19). The molecule has 0 aromatic carbocycles. The molecular formula is C15H21NO4S. The molecule has 21 heavy (non-hydrogen) atoms. The van der Waals surface area contributed by atoms with E-state index in [1.807, 2.05) is 19.9 Å². The second kappa shape index (κ2) is 6.15. The van der Waals surface area contributed by atoms with Crippen molar-refractivity contribution >= 4 is 23.2 Å². The van der Waals surface area contributed by atoms with E-state index in [1.54, 1.807) is 4.90 Å². The van der Waals surface area contributed by atoms with Gasteiger partial charge < -0.3 is 14.7 Å². The Morgan fingerprint density at radius 3 is 2.71 bits per heavy atom. The number of aryl methyl sites for hydroxylation is 2. The number of thiophene rings is 1. The van der Waals surface area contributed by atoms with E-state index in [4.69, 9.17) is 4.74 Å². The fourth-order valence-corrected chi connectivity index (χ4v) is 3.77. The zero-order valence-corrected chi connectivity index (χ0v) is 13.5. The summed E-state index contributed by atoms with van der Waals surface area (Å²) in [5.41, 5.74) is 0.117. The van der Waals surface area contributed by atoms with Gasteiger partial charge in [0.15, 0.2) is 0 Å². The number of carboxylic acids is 1. The Hall–Kier alpha value is -1.40. The number of methoxy groups -OCH3 is 1. The van der Waals surface area contributed by atoms with Crippen molar-refractivity contribution < 1.29 is 19.4 Å². The molecule has 1 amide bonds. The van der Waals surface area contributed by atoms with Gasteiger partial charge in [-0.1, -0.05) is 0 Å². The number of nitrogens with zero attached hydrogens (tertiary/aromatic N) is 1. The molecule has 6 heteroatoms. The molecule has 1 N–H and O–H groups in total. The lowest BCUT2D eigenvalue weighted by Gasteiger charge is -2.39. The van der Waals surface area contributed by atoms with Gasteiger partial charge in [0, 0.05) is 25.1 Å². The number of hydrogen-bond acceptors (Lipinski definition) is 4. The summed E-state index contributed by atoms with van der Waals surface area (Å²) in [5, 5.41) is 9.52. The van der Waals surface area contributed by atoms with Crippen LogP contribution in [-0.2, 0) is 9.53 Å². The lowest BCUT2D eigenvalue weighted by Crippen LogP contribution is -2.52. The van der Waals surface area contributed by atoms with E-state index in [0.29, 0.717) is 24.3 Å². The summed E-state index contributed by atoms with van der Waals surface area (Å²) in [5.74, 6) is -0.960. The van der Waals surface area contributed by atoms with Gasteiger partial charge in [-0.05, 0) is 38.3 Å². The zero-order chi connectivity index (χ0) is 15.6. The molecule has 1 aliphatic heterocycles. The summed E-state index contributed by atoms with van der Waals surface area (Å²) in [7, 11) is 1.50. The van der Waals surface area contributed by atoms with Crippen LogP contribution in [0.4, 0.5) is 0 Å². The van der Waals surface area contributed by atoms with Gasteiger partial charge >= 0.3 is 5.97 Å². The highest BCUT2D eigenvalue weighted by atomic mass is 32.1. The van der Waals surface area contributed by atoms with Crippen molar-refractivity contribution in [2.45, 2.75) is 26.7 Å². The van der Waals surface area contributed by atoms with Crippen molar-refractivity contribution in [1.29, 1.82) is 0 Å². The van der Waals surface area contributed by atoms with Crippen LogP contribution in [0.15, 0.2) is 6.07 Å². The summed E-state index contributed by atoms with van der Waals surface area (Å²) >= 11 is 1.47. The van der Waals surface area contributed by atoms with Crippen molar-refractivity contribution in [2.24, 2.45) is 5.41 Å². The molecule has 2 rings (SSSR count). The van der Waals surface area contributed by atoms with Crippen LogP contribution in [0.3, 0.4) is 0 Å². The first kappa shape index (κ1) is 16.0. The third kappa shape index (κ3) is 3.11. The van der Waals surface area contributed by atoms with Gasteiger partial charge in [0.1, 0.15) is 5.41 Å². The number of piperidine rings is 1. The van der Waals surface area contributed by atoms with Crippen molar-refractivity contribution in [1.82, 2.24) is 4.90 Å². The molecule has 5 nitrogen and oxygen atoms in total. The zero-order valence-electron chi connectivity index (χ0n) is 12.6. The molecule has 0 spiro atoms. The molecule has 1 atom stereocenters. The van der Waals surface area contributed by atoms with Gasteiger partial charge in [-0.15, -0.1) is 11.3 Å². The molecule has 0 bridgehead atoms. The van der Waals surface area contributed by atoms with Gasteiger partial charge in [-0.25, -0.2) is 0 Å². The SMILES string of the molecule is COCC1(C(=O)O)CCCN(C(=O)c2cc(C)c(C)s2)C1. The summed E-state index contributed by atoms with van der Waals surface area (Å²) in [4.78, 5) is 27.7. The summed E-state index contributed by atoms with van der Waals surface area (Å²) in [6.07, 6.45) is 1.23. The van der Waals surface area contributed by atoms with E-state index >= 15 is 0 Å². The molecule has 1 aliphatic rings. The lowest BCUT2D eigenvalue weighted by atomic mass is 9.80. The molecule has 1 saturated heterocycles. The molecule has 1 fully saturated rings. The van der Waals surface area contributed by atoms with Crippen LogP contribution < -0.4 is 0 Å². The highest BCUT2D eigenvalue weighted by Gasteiger charge is 2.44. The maximum atomic E-state index is 12.6. The Bertz CT molecular complexity index is 530. The van der Waals surface area contributed by atoms with Crippen LogP contribution in [0, 0.1) is 19.3 Å². The molecule has 1 unspecified atom stereocenters. The molecular weight excluding hydrogens is 290 g/mol. The molecule has 0 saturated carbocycles. The van der Waals surface area contributed by atoms with E-state index in [2.05, 4.69) is 0 Å². The van der Waals surface area contributed by atoms with Crippen molar-refractivity contribution in [3.05, 3.63) is 21.4 Å². The topological polar surface area (TPSA) is 66.8 Å². The number of amides is 1. The minimum atomic E-state index is -0.982. The van der Waals surface area contributed by atoms with E-state index in [-0.39, 0.29) is 19.1 Å². The fourth-order valence-electron chi connectivity index (χ4n) is 2.77. The Morgan fingerprint density at radius 2 is 2.19 bits per heavy atom. The lowest BCUT2D eigenvalue weighted by molar-refractivity contribution is -0.155. The highest BCUT2D eigenvalue weighted by molar-refractivity contribution is 7.14. The normalized spacial score (nSPS) is 22.3. The molecule has 0 radical (unpaired) electrons. The second-order valence-corrected chi connectivity index (χ2v) is 6.95. The van der Waals surface area contributed by atoms with Crippen molar-refractivity contribution in [3.63, 3.8) is 0 Å². The van der Waals surface area contributed by atoms with Crippen LogP contribution in [0.1, 0.15) is 33.0 Å². The Kier molecular flexibility index (Phi) is 4.68. The smallest absolute Gasteiger partial charge is 0.313 e. The number of ether oxygens (including phenoxy) is 1. The van der Waals surface area contributed by atoms with Gasteiger partial charge in [-0.3, -0.25) is 9.59 Å². The average Bonchev–Trinajstić information content (AvgIpc) is 2.78. The summed E-state index contributed by atoms with van der Waals surface area (Å²) < 4.78 is 5.09. The number of hydrogen-bond donors (Lipinski definition) is 1. The Morgan fingerprint density at radius 1 is 1.48 bits per heavy atom. The fraction of sp³-hybridized carbons (Fsp3) is 0.600. The summed E-state index contributed by atoms with van der Waals surface area (Å²) in [6, 6.07) is 1.88. The van der Waals surface area contributed by atoms with Crippen molar-refractivity contribution in [2.75, 3.05) is 26.8 Å². The Balaban J connectivity index is 2.20. The number of carboxylic acid groups (broad SMARTS) is 1. The third-order valence-corrected chi connectivity index (χ3v) is 5.26.